The van der Waals surface area contributed by atoms with Gasteiger partial charge in [-0.15, -0.1) is 0 Å². The molecule has 0 spiro atoms. The summed E-state index contributed by atoms with van der Waals surface area (Å²) >= 11 is 0. The van der Waals surface area contributed by atoms with E-state index in [4.69, 9.17) is 19.4 Å². The van der Waals surface area contributed by atoms with Gasteiger partial charge in [0.2, 0.25) is 0 Å². The van der Waals surface area contributed by atoms with Crippen molar-refractivity contribution in [2.75, 3.05) is 0 Å². The van der Waals surface area contributed by atoms with Crippen LogP contribution in [-0.2, 0) is 0 Å². The number of hydrogen-bond acceptors (Lipinski definition) is 4. The molecule has 0 atom stereocenters. The summed E-state index contributed by atoms with van der Waals surface area (Å²) in [4.78, 5) is 15.1. The predicted octanol–water partition coefficient (Wildman–Crippen LogP) is 13.2. The molecule has 0 aliphatic heterocycles. The van der Waals surface area contributed by atoms with Crippen molar-refractivity contribution in [2.45, 2.75) is 0 Å². The minimum Gasteiger partial charge on any atom is -0.454 e. The van der Waals surface area contributed by atoms with Gasteiger partial charge in [-0.2, -0.15) is 0 Å². The van der Waals surface area contributed by atoms with Gasteiger partial charge in [0, 0.05) is 43.9 Å². The van der Waals surface area contributed by atoms with Crippen LogP contribution in [0.2, 0.25) is 0 Å². The van der Waals surface area contributed by atoms with Crippen LogP contribution in [0.15, 0.2) is 199 Å². The molecule has 11 aromatic rings. The number of rotatable bonds is 6. The van der Waals surface area contributed by atoms with Gasteiger partial charge in [-0.1, -0.05) is 152 Å². The summed E-state index contributed by atoms with van der Waals surface area (Å²) in [6.07, 6.45) is 0. The van der Waals surface area contributed by atoms with E-state index in [2.05, 4.69) is 156 Å². The summed E-state index contributed by atoms with van der Waals surface area (Å²) in [5.41, 5.74) is 12.2. The molecule has 0 radical (unpaired) electrons. The Morgan fingerprint density at radius 3 is 1.55 bits per heavy atom. The minimum absolute atomic E-state index is 0.582. The Morgan fingerprint density at radius 1 is 0.339 bits per heavy atom. The molecule has 5 heteroatoms. The summed E-state index contributed by atoms with van der Waals surface area (Å²) in [5, 5.41) is 4.42. The van der Waals surface area contributed by atoms with E-state index in [1.165, 1.54) is 16.5 Å². The van der Waals surface area contributed by atoms with Crippen molar-refractivity contribution in [3.63, 3.8) is 0 Å². The highest BCUT2D eigenvalue weighted by molar-refractivity contribution is 6.21. The lowest BCUT2D eigenvalue weighted by molar-refractivity contribution is 0.671. The van der Waals surface area contributed by atoms with Gasteiger partial charge in [0.15, 0.2) is 23.1 Å². The van der Waals surface area contributed by atoms with Crippen LogP contribution in [0.4, 0.5) is 0 Å². The maximum absolute atomic E-state index is 6.92. The Hall–Kier alpha value is -7.63. The second-order valence-electron chi connectivity index (χ2n) is 14.0. The Bertz CT molecular complexity index is 3220. The number of fused-ring (bicyclic) bond motifs is 7. The van der Waals surface area contributed by atoms with Crippen molar-refractivity contribution >= 4 is 43.7 Å². The number of benzene rings is 8. The molecule has 0 fully saturated rings. The third kappa shape index (κ3) is 5.37. The van der Waals surface area contributed by atoms with Gasteiger partial charge in [-0.25, -0.2) is 15.0 Å². The zero-order valence-corrected chi connectivity index (χ0v) is 30.2. The maximum atomic E-state index is 6.92. The van der Waals surface area contributed by atoms with E-state index < -0.39 is 0 Å². The van der Waals surface area contributed by atoms with E-state index in [-0.39, 0.29) is 0 Å². The summed E-state index contributed by atoms with van der Waals surface area (Å²) in [5.74, 6) is 1.81. The number of furan rings is 1. The molecule has 8 aromatic carbocycles. The van der Waals surface area contributed by atoms with Gasteiger partial charge < -0.3 is 8.98 Å². The molecule has 0 saturated heterocycles. The average molecular weight is 717 g/mol. The van der Waals surface area contributed by atoms with Crippen molar-refractivity contribution in [3.8, 4) is 62.1 Å². The average Bonchev–Trinajstić information content (AvgIpc) is 3.83. The van der Waals surface area contributed by atoms with Crippen molar-refractivity contribution < 1.29 is 4.42 Å². The molecule has 0 aliphatic carbocycles. The first-order valence-corrected chi connectivity index (χ1v) is 18.8. The molecule has 3 aromatic heterocycles. The molecule has 0 unspecified atom stereocenters. The normalized spacial score (nSPS) is 11.6. The Kier molecular flexibility index (Phi) is 7.42. The van der Waals surface area contributed by atoms with E-state index >= 15 is 0 Å². The first kappa shape index (κ1) is 31.9. The molecule has 0 bridgehead atoms. The first-order chi connectivity index (χ1) is 27.7. The Balaban J connectivity index is 1.08. The third-order valence-electron chi connectivity index (χ3n) is 10.7. The largest absolute Gasteiger partial charge is 0.454 e. The molecule has 0 N–H and O–H groups in total. The van der Waals surface area contributed by atoms with Crippen molar-refractivity contribution in [1.29, 1.82) is 0 Å². The zero-order chi connectivity index (χ0) is 37.0. The molecule has 56 heavy (non-hydrogen) atoms. The van der Waals surface area contributed by atoms with Crippen LogP contribution in [0.5, 0.6) is 0 Å². The summed E-state index contributed by atoms with van der Waals surface area (Å²) in [6, 6.07) is 67.4. The summed E-state index contributed by atoms with van der Waals surface area (Å²) in [7, 11) is 0. The van der Waals surface area contributed by atoms with Crippen molar-refractivity contribution in [3.05, 3.63) is 194 Å². The lowest BCUT2D eigenvalue weighted by Gasteiger charge is -2.09. The second kappa shape index (κ2) is 13.0. The molecular formula is C51H32N4O. The van der Waals surface area contributed by atoms with Crippen LogP contribution in [0.3, 0.4) is 0 Å². The Morgan fingerprint density at radius 2 is 0.839 bits per heavy atom. The summed E-state index contributed by atoms with van der Waals surface area (Å²) in [6.45, 7) is 0. The Labute approximate surface area is 322 Å². The number of aromatic nitrogens is 4. The fraction of sp³-hybridized carbons (Fsp3) is 0. The monoisotopic (exact) mass is 716 g/mol. The fourth-order valence-electron chi connectivity index (χ4n) is 7.94. The van der Waals surface area contributed by atoms with Crippen LogP contribution >= 0.6 is 0 Å². The highest BCUT2D eigenvalue weighted by Gasteiger charge is 2.20. The van der Waals surface area contributed by atoms with Crippen LogP contribution in [0, 0.1) is 0 Å². The lowest BCUT2D eigenvalue weighted by Crippen LogP contribution is -2.00. The molecule has 0 aliphatic rings. The molecule has 262 valence electrons. The minimum atomic E-state index is 0.582. The SMILES string of the molecule is c1ccc(-c2ccc(-n3c4ccccc4c4ccc5c6ccc(-c7nc(-c8ccccc8)nc(-c8cccc(-c9ccccc9)c8)n7)cc6oc5c43)cc2)cc1. The standard InChI is InChI=1S/C51H32N4O/c1-4-13-33(14-5-1)35-23-26-40(27-24-35)55-45-22-11-10-21-41(45)43-29-30-44-42-28-25-39(32-46(42)56-48(44)47(43)55)51-53-49(36-17-8-3-9-18-36)52-50(54-51)38-20-12-19-37(31-38)34-15-6-2-7-16-34/h1-32H. The smallest absolute Gasteiger partial charge is 0.164 e. The van der Waals surface area contributed by atoms with Gasteiger partial charge in [0.1, 0.15) is 5.58 Å². The molecular weight excluding hydrogens is 685 g/mol. The van der Waals surface area contributed by atoms with Gasteiger partial charge >= 0.3 is 0 Å². The van der Waals surface area contributed by atoms with E-state index in [0.717, 1.165) is 71.9 Å². The van der Waals surface area contributed by atoms with Gasteiger partial charge in [-0.3, -0.25) is 0 Å². The predicted molar refractivity (Wildman–Crippen MR) is 229 cm³/mol. The molecule has 3 heterocycles. The highest BCUT2D eigenvalue weighted by atomic mass is 16.3. The lowest BCUT2D eigenvalue weighted by atomic mass is 10.0. The quantitative estimate of drug-likeness (QED) is 0.172. The van der Waals surface area contributed by atoms with Crippen molar-refractivity contribution in [1.82, 2.24) is 19.5 Å². The molecule has 5 nitrogen and oxygen atoms in total. The van der Waals surface area contributed by atoms with Gasteiger partial charge in [0.05, 0.1) is 11.0 Å². The first-order valence-electron chi connectivity index (χ1n) is 18.8. The highest BCUT2D eigenvalue weighted by Crippen LogP contribution is 2.41. The molecule has 0 saturated carbocycles. The number of hydrogen-bond donors (Lipinski definition) is 0. The maximum Gasteiger partial charge on any atom is 0.164 e. The zero-order valence-electron chi connectivity index (χ0n) is 30.2. The summed E-state index contributed by atoms with van der Waals surface area (Å²) < 4.78 is 9.25. The number of para-hydroxylation sites is 1. The van der Waals surface area contributed by atoms with Crippen LogP contribution in [0.1, 0.15) is 0 Å². The van der Waals surface area contributed by atoms with Crippen LogP contribution in [-0.4, -0.2) is 19.5 Å². The van der Waals surface area contributed by atoms with E-state index in [0.29, 0.717) is 17.5 Å². The molecule has 11 rings (SSSR count). The van der Waals surface area contributed by atoms with Crippen LogP contribution < -0.4 is 0 Å². The van der Waals surface area contributed by atoms with Crippen molar-refractivity contribution in [2.24, 2.45) is 0 Å². The second-order valence-corrected chi connectivity index (χ2v) is 14.0. The topological polar surface area (TPSA) is 56.7 Å². The van der Waals surface area contributed by atoms with E-state index in [9.17, 15) is 0 Å². The third-order valence-corrected chi connectivity index (χ3v) is 10.7. The van der Waals surface area contributed by atoms with Gasteiger partial charge in [0.25, 0.3) is 0 Å². The number of nitrogens with zero attached hydrogens (tertiary/aromatic N) is 4. The molecule has 0 amide bonds. The fourth-order valence-corrected chi connectivity index (χ4v) is 7.94. The van der Waals surface area contributed by atoms with Crippen LogP contribution in [0.25, 0.3) is 106 Å². The van der Waals surface area contributed by atoms with E-state index in [1.807, 2.05) is 42.5 Å². The van der Waals surface area contributed by atoms with Gasteiger partial charge in [-0.05, 0) is 64.7 Å². The van der Waals surface area contributed by atoms with E-state index in [1.54, 1.807) is 0 Å².